The quantitative estimate of drug-likeness (QED) is 0.737. The summed E-state index contributed by atoms with van der Waals surface area (Å²) in [6.07, 6.45) is 4.24. The van der Waals surface area contributed by atoms with E-state index < -0.39 is 0 Å². The Morgan fingerprint density at radius 2 is 2.26 bits per heavy atom. The highest BCUT2D eigenvalue weighted by atomic mass is 32.1. The summed E-state index contributed by atoms with van der Waals surface area (Å²) in [5.41, 5.74) is 4.26. The molecule has 2 aromatic heterocycles. The van der Waals surface area contributed by atoms with E-state index in [0.717, 1.165) is 38.6 Å². The summed E-state index contributed by atoms with van der Waals surface area (Å²) < 4.78 is 1.14. The van der Waals surface area contributed by atoms with Gasteiger partial charge in [0.2, 0.25) is 5.91 Å². The Hall–Kier alpha value is -2.47. The van der Waals surface area contributed by atoms with E-state index in [0.29, 0.717) is 13.1 Å². The molecule has 3 aromatic rings. The lowest BCUT2D eigenvalue weighted by atomic mass is 10.1. The molecule has 1 aliphatic heterocycles. The highest BCUT2D eigenvalue weighted by molar-refractivity contribution is 7.19. The van der Waals surface area contributed by atoms with E-state index in [4.69, 9.17) is 0 Å². The lowest BCUT2D eigenvalue weighted by molar-refractivity contribution is -0.126. The third-order valence-corrected chi connectivity index (χ3v) is 5.12. The fourth-order valence-corrected chi connectivity index (χ4v) is 3.70. The Morgan fingerprint density at radius 3 is 3.13 bits per heavy atom. The smallest absolute Gasteiger partial charge is 0.246 e. The molecule has 0 atom stereocenters. The first kappa shape index (κ1) is 14.1. The summed E-state index contributed by atoms with van der Waals surface area (Å²) in [6, 6.07) is 8.00. The molecule has 0 aliphatic carbocycles. The van der Waals surface area contributed by atoms with Gasteiger partial charge in [0.05, 0.1) is 15.9 Å². The van der Waals surface area contributed by atoms with Gasteiger partial charge >= 0.3 is 0 Å². The molecule has 0 saturated heterocycles. The molecule has 0 unspecified atom stereocenters. The summed E-state index contributed by atoms with van der Waals surface area (Å²) in [4.78, 5) is 18.8. The van der Waals surface area contributed by atoms with Crippen LogP contribution in [0.2, 0.25) is 0 Å². The minimum Gasteiger partial charge on any atom is -0.334 e. The van der Waals surface area contributed by atoms with E-state index in [1.807, 2.05) is 42.2 Å². The highest BCUT2D eigenvalue weighted by Gasteiger charge is 2.22. The Balaban J connectivity index is 1.50. The SMILES string of the molecule is Cc1[nH]nc2c1CN(C(=O)C=Cc1nc3ccccc3s1)CC2. The van der Waals surface area contributed by atoms with Crippen molar-refractivity contribution in [1.82, 2.24) is 20.1 Å². The molecule has 0 fully saturated rings. The van der Waals surface area contributed by atoms with Gasteiger partial charge < -0.3 is 4.90 Å². The number of nitrogens with one attached hydrogen (secondary N) is 1. The van der Waals surface area contributed by atoms with E-state index in [-0.39, 0.29) is 5.91 Å². The van der Waals surface area contributed by atoms with Crippen LogP contribution in [0, 0.1) is 6.92 Å². The van der Waals surface area contributed by atoms with Gasteiger partial charge in [0, 0.05) is 36.8 Å². The van der Waals surface area contributed by atoms with Crippen molar-refractivity contribution in [2.75, 3.05) is 6.54 Å². The molecule has 1 aromatic carbocycles. The lowest BCUT2D eigenvalue weighted by Gasteiger charge is -2.25. The van der Waals surface area contributed by atoms with Gasteiger partial charge in [-0.15, -0.1) is 11.3 Å². The molecular weight excluding hydrogens is 308 g/mol. The van der Waals surface area contributed by atoms with Crippen molar-refractivity contribution in [1.29, 1.82) is 0 Å². The molecule has 6 heteroatoms. The van der Waals surface area contributed by atoms with Crippen LogP contribution in [0.3, 0.4) is 0 Å². The molecule has 1 N–H and O–H groups in total. The molecule has 4 rings (SSSR count). The average molecular weight is 324 g/mol. The third kappa shape index (κ3) is 2.66. The monoisotopic (exact) mass is 324 g/mol. The number of para-hydroxylation sites is 1. The normalized spacial score (nSPS) is 14.6. The summed E-state index contributed by atoms with van der Waals surface area (Å²) in [5, 5.41) is 8.13. The molecule has 0 radical (unpaired) electrons. The number of hydrogen-bond donors (Lipinski definition) is 1. The topological polar surface area (TPSA) is 61.9 Å². The van der Waals surface area contributed by atoms with Crippen LogP contribution in [0.4, 0.5) is 0 Å². The Labute approximate surface area is 137 Å². The van der Waals surface area contributed by atoms with Crippen molar-refractivity contribution in [3.63, 3.8) is 0 Å². The van der Waals surface area contributed by atoms with Crippen LogP contribution in [0.25, 0.3) is 16.3 Å². The molecule has 0 bridgehead atoms. The van der Waals surface area contributed by atoms with E-state index in [9.17, 15) is 4.79 Å². The largest absolute Gasteiger partial charge is 0.334 e. The van der Waals surface area contributed by atoms with Crippen molar-refractivity contribution in [3.8, 4) is 0 Å². The summed E-state index contributed by atoms with van der Waals surface area (Å²) in [6.45, 7) is 3.33. The summed E-state index contributed by atoms with van der Waals surface area (Å²) in [5.74, 6) is 0.0236. The molecule has 1 amide bonds. The maximum atomic E-state index is 12.4. The average Bonchev–Trinajstić information content (AvgIpc) is 3.16. The standard InChI is InChI=1S/C17H16N4OS/c1-11-12-10-21(9-8-13(12)20-19-11)17(22)7-6-16-18-14-4-2-3-5-15(14)23-16/h2-7H,8-10H2,1H3,(H,19,20). The van der Waals surface area contributed by atoms with Gasteiger partial charge in [-0.2, -0.15) is 5.10 Å². The zero-order valence-corrected chi connectivity index (χ0v) is 13.6. The van der Waals surface area contributed by atoms with Gasteiger partial charge in [-0.25, -0.2) is 4.98 Å². The fraction of sp³-hybridized carbons (Fsp3) is 0.235. The number of rotatable bonds is 2. The van der Waals surface area contributed by atoms with E-state index in [2.05, 4.69) is 15.2 Å². The highest BCUT2D eigenvalue weighted by Crippen LogP contribution is 2.23. The minimum absolute atomic E-state index is 0.0236. The first-order valence-corrected chi connectivity index (χ1v) is 8.37. The third-order valence-electron chi connectivity index (χ3n) is 4.12. The number of benzene rings is 1. The predicted octanol–water partition coefficient (Wildman–Crippen LogP) is 2.93. The molecular formula is C17H16N4OS. The number of fused-ring (bicyclic) bond motifs is 2. The van der Waals surface area contributed by atoms with Crippen LogP contribution in [0.1, 0.15) is 22.0 Å². The van der Waals surface area contributed by atoms with E-state index >= 15 is 0 Å². The number of H-pyrrole nitrogens is 1. The molecule has 23 heavy (non-hydrogen) atoms. The second-order valence-electron chi connectivity index (χ2n) is 5.64. The number of amides is 1. The minimum atomic E-state index is 0.0236. The van der Waals surface area contributed by atoms with Crippen molar-refractivity contribution >= 4 is 33.5 Å². The zero-order chi connectivity index (χ0) is 15.8. The molecule has 5 nitrogen and oxygen atoms in total. The molecule has 116 valence electrons. The van der Waals surface area contributed by atoms with E-state index in [1.54, 1.807) is 17.4 Å². The van der Waals surface area contributed by atoms with Gasteiger partial charge in [-0.1, -0.05) is 12.1 Å². The lowest BCUT2D eigenvalue weighted by Crippen LogP contribution is -2.34. The van der Waals surface area contributed by atoms with Gasteiger partial charge in [-0.3, -0.25) is 9.89 Å². The second-order valence-corrected chi connectivity index (χ2v) is 6.70. The maximum absolute atomic E-state index is 12.4. The van der Waals surface area contributed by atoms with Crippen LogP contribution in [0.15, 0.2) is 30.3 Å². The number of aryl methyl sites for hydroxylation is 1. The maximum Gasteiger partial charge on any atom is 0.246 e. The van der Waals surface area contributed by atoms with Crippen LogP contribution < -0.4 is 0 Å². The van der Waals surface area contributed by atoms with Crippen LogP contribution >= 0.6 is 11.3 Å². The Bertz CT molecular complexity index is 875. The van der Waals surface area contributed by atoms with Crippen molar-refractivity contribution in [2.24, 2.45) is 0 Å². The van der Waals surface area contributed by atoms with E-state index in [1.165, 1.54) is 0 Å². The molecule has 3 heterocycles. The van der Waals surface area contributed by atoms with Crippen molar-refractivity contribution in [3.05, 3.63) is 52.3 Å². The van der Waals surface area contributed by atoms with Crippen molar-refractivity contribution < 1.29 is 4.79 Å². The number of nitrogens with zero attached hydrogens (tertiary/aromatic N) is 3. The number of carbonyl (C=O) groups is 1. The molecule has 1 aliphatic rings. The number of aromatic nitrogens is 3. The number of aromatic amines is 1. The van der Waals surface area contributed by atoms with Gasteiger partial charge in [0.1, 0.15) is 5.01 Å². The Morgan fingerprint density at radius 1 is 1.39 bits per heavy atom. The number of thiazole rings is 1. The summed E-state index contributed by atoms with van der Waals surface area (Å²) >= 11 is 1.59. The van der Waals surface area contributed by atoms with Crippen LogP contribution in [-0.4, -0.2) is 32.5 Å². The second kappa shape index (κ2) is 5.62. The predicted molar refractivity (Wildman–Crippen MR) is 91.1 cm³/mol. The first-order valence-electron chi connectivity index (χ1n) is 7.56. The van der Waals surface area contributed by atoms with Gasteiger partial charge in [0.25, 0.3) is 0 Å². The molecule has 0 saturated carbocycles. The number of hydrogen-bond acceptors (Lipinski definition) is 4. The van der Waals surface area contributed by atoms with Gasteiger partial charge in [0.15, 0.2) is 0 Å². The Kier molecular flexibility index (Phi) is 3.46. The van der Waals surface area contributed by atoms with Crippen molar-refractivity contribution in [2.45, 2.75) is 19.9 Å². The summed E-state index contributed by atoms with van der Waals surface area (Å²) in [7, 11) is 0. The number of carbonyl (C=O) groups excluding carboxylic acids is 1. The fourth-order valence-electron chi connectivity index (χ4n) is 2.83. The molecule has 0 spiro atoms. The van der Waals surface area contributed by atoms with Gasteiger partial charge in [-0.05, 0) is 25.1 Å². The first-order chi connectivity index (χ1) is 11.2. The zero-order valence-electron chi connectivity index (χ0n) is 12.7. The van der Waals surface area contributed by atoms with Crippen LogP contribution in [-0.2, 0) is 17.8 Å². The van der Waals surface area contributed by atoms with Crippen LogP contribution in [0.5, 0.6) is 0 Å².